The molecule has 0 aliphatic rings. The van der Waals surface area contributed by atoms with Crippen LogP contribution in [0.1, 0.15) is 5.69 Å². The molecule has 0 radical (unpaired) electrons. The summed E-state index contributed by atoms with van der Waals surface area (Å²) in [5.74, 6) is -0.654. The van der Waals surface area contributed by atoms with Crippen molar-refractivity contribution in [3.8, 4) is 0 Å². The van der Waals surface area contributed by atoms with Crippen molar-refractivity contribution in [2.45, 2.75) is 11.8 Å². The fraction of sp³-hybridized carbons (Fsp3) is 0.200. The molecule has 0 saturated carbocycles. The first-order valence-electron chi connectivity index (χ1n) is 5.24. The fourth-order valence-electron chi connectivity index (χ4n) is 1.57. The maximum absolute atomic E-state index is 12.7. The van der Waals surface area contributed by atoms with Crippen LogP contribution in [-0.4, -0.2) is 23.2 Å². The number of nitrogens with one attached hydrogen (secondary N) is 1. The number of anilines is 2. The van der Waals surface area contributed by atoms with E-state index in [0.717, 1.165) is 12.3 Å². The molecular weight excluding hydrogens is 273 g/mol. The molecule has 9 heteroatoms. The Balaban J connectivity index is 2.40. The van der Waals surface area contributed by atoms with Crippen molar-refractivity contribution < 1.29 is 12.8 Å². The molecule has 2 aromatic rings. The van der Waals surface area contributed by atoms with Crippen molar-refractivity contribution in [3.05, 3.63) is 29.8 Å². The van der Waals surface area contributed by atoms with Crippen LogP contribution in [0.25, 0.3) is 0 Å². The monoisotopic (exact) mass is 285 g/mol. The summed E-state index contributed by atoms with van der Waals surface area (Å²) in [4.78, 5) is 3.51. The molecule has 0 saturated heterocycles. The average Bonchev–Trinajstić information content (AvgIpc) is 2.56. The highest BCUT2D eigenvalue weighted by atomic mass is 32.2. The van der Waals surface area contributed by atoms with Gasteiger partial charge in [0, 0.05) is 7.05 Å². The normalized spacial score (nSPS) is 11.5. The lowest BCUT2D eigenvalue weighted by molar-refractivity contribution is 0.599. The molecule has 2 heterocycles. The number of sulfonamides is 1. The van der Waals surface area contributed by atoms with Gasteiger partial charge in [0.25, 0.3) is 10.0 Å². The summed E-state index contributed by atoms with van der Waals surface area (Å²) in [6.45, 7) is 1.58. The Morgan fingerprint density at radius 2 is 2.11 bits per heavy atom. The Morgan fingerprint density at radius 1 is 1.42 bits per heavy atom. The minimum Gasteiger partial charge on any atom is -0.381 e. The van der Waals surface area contributed by atoms with Crippen LogP contribution in [0.5, 0.6) is 0 Å². The van der Waals surface area contributed by atoms with Gasteiger partial charge in [0.15, 0.2) is 10.7 Å². The van der Waals surface area contributed by atoms with Crippen molar-refractivity contribution in [2.24, 2.45) is 7.05 Å². The van der Waals surface area contributed by atoms with E-state index in [1.807, 2.05) is 0 Å². The fourth-order valence-corrected chi connectivity index (χ4v) is 2.91. The van der Waals surface area contributed by atoms with Crippen molar-refractivity contribution in [1.82, 2.24) is 14.8 Å². The van der Waals surface area contributed by atoms with Crippen molar-refractivity contribution >= 4 is 21.7 Å². The molecule has 0 aromatic carbocycles. The molecule has 7 nitrogen and oxygen atoms in total. The van der Waals surface area contributed by atoms with E-state index in [9.17, 15) is 12.8 Å². The number of nitrogens with zero attached hydrogens (tertiary/aromatic N) is 3. The molecule has 0 aliphatic carbocycles. The van der Waals surface area contributed by atoms with E-state index < -0.39 is 15.8 Å². The number of hydrogen-bond donors (Lipinski definition) is 2. The smallest absolute Gasteiger partial charge is 0.268 e. The number of rotatable bonds is 3. The van der Waals surface area contributed by atoms with E-state index in [1.54, 1.807) is 14.0 Å². The van der Waals surface area contributed by atoms with Gasteiger partial charge >= 0.3 is 0 Å². The maximum atomic E-state index is 12.7. The topological polar surface area (TPSA) is 103 Å². The highest BCUT2D eigenvalue weighted by molar-refractivity contribution is 7.93. The third kappa shape index (κ3) is 2.50. The van der Waals surface area contributed by atoms with Crippen LogP contribution in [0.2, 0.25) is 0 Å². The summed E-state index contributed by atoms with van der Waals surface area (Å²) in [5.41, 5.74) is 5.97. The van der Waals surface area contributed by atoms with Crippen molar-refractivity contribution in [2.75, 3.05) is 10.5 Å². The molecule has 19 heavy (non-hydrogen) atoms. The van der Waals surface area contributed by atoms with Crippen molar-refractivity contribution in [1.29, 1.82) is 0 Å². The molecular formula is C10H12FN5O2S. The van der Waals surface area contributed by atoms with Crippen molar-refractivity contribution in [3.63, 3.8) is 0 Å². The number of nitrogen functional groups attached to an aromatic ring is 1. The second-order valence-corrected chi connectivity index (χ2v) is 5.51. The highest BCUT2D eigenvalue weighted by Crippen LogP contribution is 2.23. The number of halogens is 1. The SMILES string of the molecule is Cc1c(S(=O)(=O)Nc2ccc(F)cn2)c(N)nn1C. The largest absolute Gasteiger partial charge is 0.381 e. The Kier molecular flexibility index (Phi) is 3.14. The van der Waals surface area contributed by atoms with E-state index in [0.29, 0.717) is 5.69 Å². The van der Waals surface area contributed by atoms with Crippen LogP contribution in [0, 0.1) is 12.7 Å². The van der Waals surface area contributed by atoms with Crippen LogP contribution in [0.4, 0.5) is 16.0 Å². The molecule has 102 valence electrons. The highest BCUT2D eigenvalue weighted by Gasteiger charge is 2.25. The van der Waals surface area contributed by atoms with E-state index in [-0.39, 0.29) is 16.5 Å². The quantitative estimate of drug-likeness (QED) is 0.861. The van der Waals surface area contributed by atoms with Gasteiger partial charge in [0.05, 0.1) is 11.9 Å². The van der Waals surface area contributed by atoms with Gasteiger partial charge in [0.2, 0.25) is 0 Å². The molecule has 0 aliphatic heterocycles. The number of hydrogen-bond acceptors (Lipinski definition) is 5. The second kappa shape index (κ2) is 4.50. The van der Waals surface area contributed by atoms with E-state index in [2.05, 4.69) is 14.8 Å². The van der Waals surface area contributed by atoms with Gasteiger partial charge in [-0.1, -0.05) is 0 Å². The lowest BCUT2D eigenvalue weighted by atomic mass is 10.4. The number of aromatic nitrogens is 3. The predicted octanol–water partition coefficient (Wildman–Crippen LogP) is 0.646. The van der Waals surface area contributed by atoms with E-state index >= 15 is 0 Å². The van der Waals surface area contributed by atoms with Crippen LogP contribution < -0.4 is 10.5 Å². The third-order valence-electron chi connectivity index (χ3n) is 2.54. The van der Waals surface area contributed by atoms with Gasteiger partial charge in [-0.15, -0.1) is 0 Å². The molecule has 0 atom stereocenters. The van der Waals surface area contributed by atoms with Gasteiger partial charge in [-0.2, -0.15) is 5.10 Å². The summed E-state index contributed by atoms with van der Waals surface area (Å²) >= 11 is 0. The first-order chi connectivity index (χ1) is 8.81. The molecule has 2 aromatic heterocycles. The zero-order valence-corrected chi connectivity index (χ0v) is 11.1. The lowest BCUT2D eigenvalue weighted by Crippen LogP contribution is -2.16. The molecule has 3 N–H and O–H groups in total. The van der Waals surface area contributed by atoms with Crippen LogP contribution in [-0.2, 0) is 17.1 Å². The summed E-state index contributed by atoms with van der Waals surface area (Å²) in [6.07, 6.45) is 0.914. The van der Waals surface area contributed by atoms with E-state index in [1.165, 1.54) is 10.7 Å². The van der Waals surface area contributed by atoms with E-state index in [4.69, 9.17) is 5.73 Å². The summed E-state index contributed by atoms with van der Waals surface area (Å²) in [5, 5.41) is 3.83. The maximum Gasteiger partial charge on any atom is 0.268 e. The van der Waals surface area contributed by atoms with Gasteiger partial charge in [-0.05, 0) is 19.1 Å². The standard InChI is InChI=1S/C10H12FN5O2S/c1-6-9(10(12)14-16(6)2)19(17,18)15-8-4-3-7(11)5-13-8/h3-5H,1-2H3,(H2,12,14)(H,13,15). The zero-order valence-electron chi connectivity index (χ0n) is 10.3. The first kappa shape index (κ1) is 13.3. The van der Waals surface area contributed by atoms with Gasteiger partial charge in [0.1, 0.15) is 11.6 Å². The molecule has 2 rings (SSSR count). The summed E-state index contributed by atoms with van der Waals surface area (Å²) in [7, 11) is -2.33. The van der Waals surface area contributed by atoms with Gasteiger partial charge < -0.3 is 5.73 Å². The number of pyridine rings is 1. The Bertz CT molecular complexity index is 708. The summed E-state index contributed by atoms with van der Waals surface area (Å²) < 4.78 is 40.6. The minimum absolute atomic E-state index is 0.00375. The van der Waals surface area contributed by atoms with Crippen LogP contribution >= 0.6 is 0 Å². The van der Waals surface area contributed by atoms with Gasteiger partial charge in [-0.25, -0.2) is 17.8 Å². The molecule has 0 bridgehead atoms. The number of aryl methyl sites for hydroxylation is 1. The second-order valence-electron chi connectivity index (χ2n) is 3.89. The number of nitrogens with two attached hydrogens (primary N) is 1. The Hall–Kier alpha value is -2.16. The van der Waals surface area contributed by atoms with Crippen LogP contribution in [0.3, 0.4) is 0 Å². The van der Waals surface area contributed by atoms with Crippen LogP contribution in [0.15, 0.2) is 23.2 Å². The molecule has 0 spiro atoms. The Morgan fingerprint density at radius 3 is 2.58 bits per heavy atom. The molecule has 0 fully saturated rings. The third-order valence-corrected chi connectivity index (χ3v) is 4.06. The Labute approximate surface area is 109 Å². The first-order valence-corrected chi connectivity index (χ1v) is 6.73. The average molecular weight is 285 g/mol. The zero-order chi connectivity index (χ0) is 14.2. The lowest BCUT2D eigenvalue weighted by Gasteiger charge is -2.07. The van der Waals surface area contributed by atoms with Gasteiger partial charge in [-0.3, -0.25) is 9.40 Å². The minimum atomic E-state index is -3.91. The molecule has 0 unspecified atom stereocenters. The predicted molar refractivity (Wildman–Crippen MR) is 67.4 cm³/mol. The molecule has 0 amide bonds. The summed E-state index contributed by atoms with van der Waals surface area (Å²) in [6, 6.07) is 2.32.